The summed E-state index contributed by atoms with van der Waals surface area (Å²) >= 11 is 1.12. The van der Waals surface area contributed by atoms with Gasteiger partial charge >= 0.3 is 0 Å². The molecule has 160 valence electrons. The summed E-state index contributed by atoms with van der Waals surface area (Å²) in [6, 6.07) is 8.71. The van der Waals surface area contributed by atoms with E-state index in [0.717, 1.165) is 28.4 Å². The average Bonchev–Trinajstić information content (AvgIpc) is 3.18. The number of amides is 2. The summed E-state index contributed by atoms with van der Waals surface area (Å²) in [6.45, 7) is 2.94. The Morgan fingerprint density at radius 2 is 1.84 bits per heavy atom. The minimum absolute atomic E-state index is 0.0815. The van der Waals surface area contributed by atoms with Gasteiger partial charge in [-0.15, -0.1) is 11.3 Å². The molecule has 3 rings (SSSR count). The highest BCUT2D eigenvalue weighted by molar-refractivity contribution is 7.14. The lowest BCUT2D eigenvalue weighted by Crippen LogP contribution is -2.24. The molecule has 3 aromatic rings. The molecule has 0 bridgehead atoms. The number of rotatable bonds is 6. The van der Waals surface area contributed by atoms with E-state index in [1.165, 1.54) is 43.3 Å². The number of carbonyl (C=O) groups is 2. The number of aromatic nitrogens is 1. The second-order valence-corrected chi connectivity index (χ2v) is 7.43. The molecular formula is C22H18F3N3O2S. The summed E-state index contributed by atoms with van der Waals surface area (Å²) < 4.78 is 40.5. The standard InChI is InChI=1S/C22H18F3N3O2S/c1-13(15-7-9-17(23)19(25)11-15)26-21(30)10-8-16-12-31-22(27-16)28(14(2)29)20-6-4-3-5-18(20)24/h3-13H,1-2H3,(H,26,30)/b10-8+. The van der Waals surface area contributed by atoms with Crippen molar-refractivity contribution in [3.8, 4) is 0 Å². The molecule has 1 atom stereocenters. The van der Waals surface area contributed by atoms with Gasteiger partial charge in [-0.2, -0.15) is 0 Å². The molecule has 0 fully saturated rings. The van der Waals surface area contributed by atoms with E-state index in [1.54, 1.807) is 18.4 Å². The fraction of sp³-hybridized carbons (Fsp3) is 0.136. The first-order valence-corrected chi connectivity index (χ1v) is 10.1. The lowest BCUT2D eigenvalue weighted by atomic mass is 10.1. The van der Waals surface area contributed by atoms with Crippen molar-refractivity contribution in [2.75, 3.05) is 4.90 Å². The van der Waals surface area contributed by atoms with Crippen LogP contribution >= 0.6 is 11.3 Å². The predicted octanol–water partition coefficient (Wildman–Crippen LogP) is 5.14. The zero-order chi connectivity index (χ0) is 22.5. The molecule has 1 heterocycles. The van der Waals surface area contributed by atoms with Gasteiger partial charge in [-0.05, 0) is 42.8 Å². The van der Waals surface area contributed by atoms with Crippen LogP contribution < -0.4 is 10.2 Å². The lowest BCUT2D eigenvalue weighted by molar-refractivity contribution is -0.117. The molecule has 1 N–H and O–H groups in total. The van der Waals surface area contributed by atoms with Crippen molar-refractivity contribution < 1.29 is 22.8 Å². The molecule has 0 saturated carbocycles. The van der Waals surface area contributed by atoms with Gasteiger partial charge in [-0.1, -0.05) is 18.2 Å². The molecule has 9 heteroatoms. The topological polar surface area (TPSA) is 62.3 Å². The largest absolute Gasteiger partial charge is 0.346 e. The number of carbonyl (C=O) groups excluding carboxylic acids is 2. The van der Waals surface area contributed by atoms with Crippen molar-refractivity contribution in [2.24, 2.45) is 0 Å². The Balaban J connectivity index is 1.70. The molecule has 2 amide bonds. The van der Waals surface area contributed by atoms with E-state index in [9.17, 15) is 22.8 Å². The average molecular weight is 445 g/mol. The number of para-hydroxylation sites is 1. The monoisotopic (exact) mass is 445 g/mol. The van der Waals surface area contributed by atoms with Gasteiger partial charge in [0.25, 0.3) is 0 Å². The minimum Gasteiger partial charge on any atom is -0.346 e. The highest BCUT2D eigenvalue weighted by Gasteiger charge is 2.20. The van der Waals surface area contributed by atoms with Crippen molar-refractivity contribution >= 4 is 40.0 Å². The summed E-state index contributed by atoms with van der Waals surface area (Å²) in [5.41, 5.74) is 0.898. The minimum atomic E-state index is -0.992. The number of nitrogens with zero attached hydrogens (tertiary/aromatic N) is 2. The highest BCUT2D eigenvalue weighted by atomic mass is 32.1. The molecule has 0 spiro atoms. The van der Waals surface area contributed by atoms with Gasteiger partial charge in [0.1, 0.15) is 5.82 Å². The molecule has 0 radical (unpaired) electrons. The molecule has 0 aliphatic rings. The molecular weight excluding hydrogens is 427 g/mol. The molecule has 2 aromatic carbocycles. The number of thiazole rings is 1. The van der Waals surface area contributed by atoms with E-state index in [4.69, 9.17) is 0 Å². The van der Waals surface area contributed by atoms with Crippen LogP contribution in [-0.2, 0) is 9.59 Å². The smallest absolute Gasteiger partial charge is 0.244 e. The van der Waals surface area contributed by atoms with E-state index < -0.39 is 35.3 Å². The van der Waals surface area contributed by atoms with Gasteiger partial charge in [-0.25, -0.2) is 18.2 Å². The summed E-state index contributed by atoms with van der Waals surface area (Å²) in [7, 11) is 0. The van der Waals surface area contributed by atoms with Gasteiger partial charge in [-0.3, -0.25) is 14.5 Å². The number of hydrogen-bond donors (Lipinski definition) is 1. The third kappa shape index (κ3) is 5.37. The van der Waals surface area contributed by atoms with Gasteiger partial charge in [0, 0.05) is 18.4 Å². The summed E-state index contributed by atoms with van der Waals surface area (Å²) in [5, 5.41) is 4.52. The number of hydrogen-bond acceptors (Lipinski definition) is 4. The van der Waals surface area contributed by atoms with Crippen LogP contribution in [-0.4, -0.2) is 16.8 Å². The van der Waals surface area contributed by atoms with Crippen LogP contribution in [0.15, 0.2) is 53.9 Å². The third-order valence-electron chi connectivity index (χ3n) is 4.32. The summed E-state index contributed by atoms with van der Waals surface area (Å²) in [5.74, 6) is -3.39. The van der Waals surface area contributed by atoms with E-state index in [-0.39, 0.29) is 10.8 Å². The number of nitrogens with one attached hydrogen (secondary N) is 1. The van der Waals surface area contributed by atoms with Crippen molar-refractivity contribution in [1.29, 1.82) is 0 Å². The summed E-state index contributed by atoms with van der Waals surface area (Å²) in [4.78, 5) is 29.7. The highest BCUT2D eigenvalue weighted by Crippen LogP contribution is 2.31. The molecule has 31 heavy (non-hydrogen) atoms. The number of benzene rings is 2. The molecule has 0 saturated heterocycles. The predicted molar refractivity (Wildman–Crippen MR) is 113 cm³/mol. The number of halogens is 3. The van der Waals surface area contributed by atoms with Gasteiger partial charge in [0.05, 0.1) is 17.4 Å². The van der Waals surface area contributed by atoms with E-state index in [2.05, 4.69) is 10.3 Å². The molecule has 1 unspecified atom stereocenters. The van der Waals surface area contributed by atoms with Crippen LogP contribution in [0.1, 0.15) is 31.1 Å². The normalized spacial score (nSPS) is 12.0. The Labute approximate surface area is 180 Å². The Bertz CT molecular complexity index is 1150. The Hall–Kier alpha value is -3.46. The van der Waals surface area contributed by atoms with Crippen LogP contribution in [0.4, 0.5) is 24.0 Å². The summed E-state index contributed by atoms with van der Waals surface area (Å²) in [6.07, 6.45) is 2.67. The van der Waals surface area contributed by atoms with E-state index in [1.807, 2.05) is 0 Å². The van der Waals surface area contributed by atoms with E-state index in [0.29, 0.717) is 11.3 Å². The zero-order valence-corrected chi connectivity index (χ0v) is 17.4. The maximum Gasteiger partial charge on any atom is 0.244 e. The first-order valence-electron chi connectivity index (χ1n) is 9.20. The van der Waals surface area contributed by atoms with Crippen LogP contribution in [0.5, 0.6) is 0 Å². The van der Waals surface area contributed by atoms with E-state index >= 15 is 0 Å². The van der Waals surface area contributed by atoms with Gasteiger partial charge in [0.15, 0.2) is 16.8 Å². The SMILES string of the molecule is CC(=O)N(c1nc(/C=C/C(=O)NC(C)c2ccc(F)c(F)c2)cs1)c1ccccc1F. The number of anilines is 2. The Morgan fingerprint density at radius 1 is 1.10 bits per heavy atom. The quantitative estimate of drug-likeness (QED) is 0.535. The maximum absolute atomic E-state index is 14.1. The molecule has 1 aromatic heterocycles. The second-order valence-electron chi connectivity index (χ2n) is 6.60. The second kappa shape index (κ2) is 9.57. The molecule has 5 nitrogen and oxygen atoms in total. The first-order chi connectivity index (χ1) is 14.8. The van der Waals surface area contributed by atoms with Crippen molar-refractivity contribution in [3.05, 3.63) is 82.6 Å². The fourth-order valence-electron chi connectivity index (χ4n) is 2.78. The van der Waals surface area contributed by atoms with Crippen LogP contribution in [0.3, 0.4) is 0 Å². The van der Waals surface area contributed by atoms with Crippen molar-refractivity contribution in [2.45, 2.75) is 19.9 Å². The van der Waals surface area contributed by atoms with Crippen molar-refractivity contribution in [3.63, 3.8) is 0 Å². The Morgan fingerprint density at radius 3 is 2.52 bits per heavy atom. The van der Waals surface area contributed by atoms with Crippen molar-refractivity contribution in [1.82, 2.24) is 10.3 Å². The lowest BCUT2D eigenvalue weighted by Gasteiger charge is -2.18. The third-order valence-corrected chi connectivity index (χ3v) is 5.16. The van der Waals surface area contributed by atoms with Crippen LogP contribution in [0.25, 0.3) is 6.08 Å². The van der Waals surface area contributed by atoms with Gasteiger partial charge < -0.3 is 5.32 Å². The molecule has 0 aliphatic carbocycles. The fourth-order valence-corrected chi connectivity index (χ4v) is 3.63. The van der Waals surface area contributed by atoms with Gasteiger partial charge in [0.2, 0.25) is 11.8 Å². The first kappa shape index (κ1) is 22.2. The van der Waals surface area contributed by atoms with Crippen LogP contribution in [0, 0.1) is 17.5 Å². The zero-order valence-electron chi connectivity index (χ0n) is 16.6. The Kier molecular flexibility index (Phi) is 6.86. The maximum atomic E-state index is 14.1. The molecule has 0 aliphatic heterocycles. The van der Waals surface area contributed by atoms with Crippen LogP contribution in [0.2, 0.25) is 0 Å².